The van der Waals surface area contributed by atoms with Gasteiger partial charge in [-0.05, 0) is 23.8 Å². The molecule has 0 spiro atoms. The van der Waals surface area contributed by atoms with E-state index in [2.05, 4.69) is 5.32 Å². The van der Waals surface area contributed by atoms with Crippen LogP contribution in [-0.2, 0) is 20.7 Å². The lowest BCUT2D eigenvalue weighted by Crippen LogP contribution is -2.41. The van der Waals surface area contributed by atoms with E-state index in [1.54, 1.807) is 47.4 Å². The Morgan fingerprint density at radius 3 is 2.58 bits per heavy atom. The van der Waals surface area contributed by atoms with E-state index in [0.29, 0.717) is 42.8 Å². The highest BCUT2D eigenvalue weighted by molar-refractivity contribution is 6.12. The number of fused-ring (bicyclic) bond motifs is 2. The van der Waals surface area contributed by atoms with Crippen LogP contribution in [0.1, 0.15) is 26.5 Å². The number of hydrogen-bond acceptors (Lipinski definition) is 6. The highest BCUT2D eigenvalue weighted by Gasteiger charge is 2.33. The summed E-state index contributed by atoms with van der Waals surface area (Å²) in [6.07, 6.45) is -0.738. The Bertz CT molecular complexity index is 1180. The van der Waals surface area contributed by atoms with Gasteiger partial charge < -0.3 is 24.1 Å². The van der Waals surface area contributed by atoms with Crippen molar-refractivity contribution in [3.05, 3.63) is 65.4 Å². The van der Waals surface area contributed by atoms with Crippen molar-refractivity contribution >= 4 is 34.4 Å². The molecule has 2 aromatic carbocycles. The number of carbonyl (C=O) groups is 3. The van der Waals surface area contributed by atoms with Crippen LogP contribution in [0.3, 0.4) is 0 Å². The summed E-state index contributed by atoms with van der Waals surface area (Å²) in [4.78, 5) is 40.1. The van der Waals surface area contributed by atoms with Crippen molar-refractivity contribution in [1.29, 1.82) is 0 Å². The Labute approximate surface area is 177 Å². The number of furan rings is 1. The molecule has 0 aliphatic carbocycles. The molecule has 2 aliphatic rings. The number of nitrogens with one attached hydrogen (secondary N) is 1. The standard InChI is InChI=1S/C23H20N2O6/c26-21(18-13-14-5-1-2-6-15(14)23(28)31-18)24-19-16-7-3-4-8-17(16)30-20(19)22(27)25-9-11-29-12-10-25/h1-8,18H,9-13H2,(H,24,26). The molecular formula is C23H20N2O6. The van der Waals surface area contributed by atoms with Crippen molar-refractivity contribution in [3.63, 3.8) is 0 Å². The van der Waals surface area contributed by atoms with Crippen molar-refractivity contribution in [2.24, 2.45) is 0 Å². The molecule has 31 heavy (non-hydrogen) atoms. The maximum atomic E-state index is 13.1. The second-order valence-corrected chi connectivity index (χ2v) is 7.45. The van der Waals surface area contributed by atoms with Crippen molar-refractivity contribution < 1.29 is 28.3 Å². The van der Waals surface area contributed by atoms with E-state index in [1.807, 2.05) is 6.07 Å². The van der Waals surface area contributed by atoms with Crippen LogP contribution < -0.4 is 5.32 Å². The first-order chi connectivity index (χ1) is 15.1. The van der Waals surface area contributed by atoms with Gasteiger partial charge >= 0.3 is 5.97 Å². The molecule has 8 nitrogen and oxygen atoms in total. The lowest BCUT2D eigenvalue weighted by Gasteiger charge is -2.26. The number of ether oxygens (including phenoxy) is 2. The minimum absolute atomic E-state index is 0.0546. The predicted octanol–water partition coefficient (Wildman–Crippen LogP) is 2.63. The zero-order chi connectivity index (χ0) is 21.4. The fraction of sp³-hybridized carbons (Fsp3) is 0.261. The Morgan fingerprint density at radius 2 is 1.74 bits per heavy atom. The largest absolute Gasteiger partial charge is 0.449 e. The highest BCUT2D eigenvalue weighted by atomic mass is 16.5. The molecule has 1 aromatic heterocycles. The lowest BCUT2D eigenvalue weighted by atomic mass is 9.98. The van der Waals surface area contributed by atoms with E-state index in [0.717, 1.165) is 5.56 Å². The topological polar surface area (TPSA) is 98.1 Å². The van der Waals surface area contributed by atoms with Crippen molar-refractivity contribution in [2.75, 3.05) is 31.6 Å². The van der Waals surface area contributed by atoms with Gasteiger partial charge in [-0.25, -0.2) is 4.79 Å². The van der Waals surface area contributed by atoms with E-state index in [9.17, 15) is 14.4 Å². The van der Waals surface area contributed by atoms with Crippen LogP contribution in [0.15, 0.2) is 52.9 Å². The van der Waals surface area contributed by atoms with Crippen molar-refractivity contribution in [3.8, 4) is 0 Å². The summed E-state index contributed by atoms with van der Waals surface area (Å²) >= 11 is 0. The summed E-state index contributed by atoms with van der Waals surface area (Å²) < 4.78 is 16.5. The summed E-state index contributed by atoms with van der Waals surface area (Å²) in [7, 11) is 0. The second-order valence-electron chi connectivity index (χ2n) is 7.45. The average Bonchev–Trinajstić information content (AvgIpc) is 3.17. The average molecular weight is 420 g/mol. The van der Waals surface area contributed by atoms with Gasteiger partial charge in [0.05, 0.1) is 18.8 Å². The summed E-state index contributed by atoms with van der Waals surface area (Å²) in [6, 6.07) is 14.1. The number of rotatable bonds is 3. The minimum Gasteiger partial charge on any atom is -0.449 e. The third-order valence-corrected chi connectivity index (χ3v) is 5.52. The SMILES string of the molecule is O=C1OC(C(=O)Nc2c(C(=O)N3CCOCC3)oc3ccccc23)Cc2ccccc21. The normalized spacial score (nSPS) is 18.4. The van der Waals surface area contributed by atoms with Crippen LogP contribution in [0.5, 0.6) is 0 Å². The van der Waals surface area contributed by atoms with E-state index < -0.39 is 18.0 Å². The minimum atomic E-state index is -0.998. The van der Waals surface area contributed by atoms with E-state index >= 15 is 0 Å². The van der Waals surface area contributed by atoms with Gasteiger partial charge in [0.25, 0.3) is 11.8 Å². The third kappa shape index (κ3) is 3.55. The van der Waals surface area contributed by atoms with Gasteiger partial charge in [0.15, 0.2) is 6.10 Å². The smallest absolute Gasteiger partial charge is 0.339 e. The molecule has 1 N–H and O–H groups in total. The van der Waals surface area contributed by atoms with Gasteiger partial charge in [0.2, 0.25) is 5.76 Å². The first-order valence-corrected chi connectivity index (χ1v) is 10.1. The molecule has 158 valence electrons. The number of amides is 2. The summed E-state index contributed by atoms with van der Waals surface area (Å²) in [6.45, 7) is 1.79. The summed E-state index contributed by atoms with van der Waals surface area (Å²) in [5.74, 6) is -1.31. The maximum Gasteiger partial charge on any atom is 0.339 e. The lowest BCUT2D eigenvalue weighted by molar-refractivity contribution is -0.125. The Kier molecular flexibility index (Phi) is 4.91. The first-order valence-electron chi connectivity index (χ1n) is 10.1. The van der Waals surface area contributed by atoms with Crippen molar-refractivity contribution in [2.45, 2.75) is 12.5 Å². The van der Waals surface area contributed by atoms with Gasteiger partial charge in [-0.3, -0.25) is 9.59 Å². The van der Waals surface area contributed by atoms with Crippen LogP contribution in [0.2, 0.25) is 0 Å². The molecule has 0 bridgehead atoms. The van der Waals surface area contributed by atoms with Crippen molar-refractivity contribution in [1.82, 2.24) is 4.90 Å². The van der Waals surface area contributed by atoms with Gasteiger partial charge in [0, 0.05) is 24.9 Å². The third-order valence-electron chi connectivity index (χ3n) is 5.52. The number of hydrogen-bond donors (Lipinski definition) is 1. The van der Waals surface area contributed by atoms with Gasteiger partial charge in [-0.2, -0.15) is 0 Å². The van der Waals surface area contributed by atoms with Crippen LogP contribution in [0, 0.1) is 0 Å². The van der Waals surface area contributed by atoms with Gasteiger partial charge in [-0.1, -0.05) is 30.3 Å². The number of benzene rings is 2. The monoisotopic (exact) mass is 420 g/mol. The van der Waals surface area contributed by atoms with Crippen LogP contribution in [-0.4, -0.2) is 55.1 Å². The molecule has 1 unspecified atom stereocenters. The first kappa shape index (κ1) is 19.3. The molecule has 3 aromatic rings. The quantitative estimate of drug-likeness (QED) is 0.654. The Hall–Kier alpha value is -3.65. The van der Waals surface area contributed by atoms with E-state index in [-0.39, 0.29) is 23.8 Å². The molecule has 1 fully saturated rings. The van der Waals surface area contributed by atoms with E-state index in [1.165, 1.54) is 0 Å². The highest BCUT2D eigenvalue weighted by Crippen LogP contribution is 2.33. The molecule has 3 heterocycles. The number of anilines is 1. The zero-order valence-corrected chi connectivity index (χ0v) is 16.6. The van der Waals surface area contributed by atoms with Crippen LogP contribution >= 0.6 is 0 Å². The number of para-hydroxylation sites is 1. The fourth-order valence-electron chi connectivity index (χ4n) is 3.91. The fourth-order valence-corrected chi connectivity index (χ4v) is 3.91. The van der Waals surface area contributed by atoms with Crippen LogP contribution in [0.4, 0.5) is 5.69 Å². The molecular weight excluding hydrogens is 400 g/mol. The molecule has 8 heteroatoms. The second kappa shape index (κ2) is 7.88. The van der Waals surface area contributed by atoms with Crippen LogP contribution in [0.25, 0.3) is 11.0 Å². The maximum absolute atomic E-state index is 13.1. The predicted molar refractivity (Wildman–Crippen MR) is 111 cm³/mol. The number of nitrogens with zero attached hydrogens (tertiary/aromatic N) is 1. The number of morpholine rings is 1. The number of carbonyl (C=O) groups excluding carboxylic acids is 3. The van der Waals surface area contributed by atoms with Gasteiger partial charge in [-0.15, -0.1) is 0 Å². The molecule has 0 radical (unpaired) electrons. The van der Waals surface area contributed by atoms with Gasteiger partial charge in [0.1, 0.15) is 11.3 Å². The molecule has 2 aliphatic heterocycles. The Balaban J connectivity index is 1.45. The molecule has 0 saturated carbocycles. The zero-order valence-electron chi connectivity index (χ0n) is 16.6. The number of esters is 1. The molecule has 2 amide bonds. The Morgan fingerprint density at radius 1 is 1.00 bits per heavy atom. The molecule has 5 rings (SSSR count). The summed E-state index contributed by atoms with van der Waals surface area (Å²) in [5, 5.41) is 3.39. The van der Waals surface area contributed by atoms with E-state index in [4.69, 9.17) is 13.9 Å². The molecule has 1 atom stereocenters. The summed E-state index contributed by atoms with van der Waals surface area (Å²) in [5.41, 5.74) is 1.98. The molecule has 1 saturated heterocycles. The number of cyclic esters (lactones) is 1.